The number of carbonyl (C=O) groups is 1. The van der Waals surface area contributed by atoms with Crippen LogP contribution in [0.1, 0.15) is 28.1 Å². The highest BCUT2D eigenvalue weighted by molar-refractivity contribution is 7.09. The molecule has 0 aliphatic rings. The van der Waals surface area contributed by atoms with Crippen molar-refractivity contribution in [1.29, 1.82) is 0 Å². The summed E-state index contributed by atoms with van der Waals surface area (Å²) in [4.78, 5) is 15.1. The second-order valence-electron chi connectivity index (χ2n) is 4.79. The Hall–Kier alpha value is -1.68. The smallest absolute Gasteiger partial charge is 0.303 e. The SMILES string of the molecule is Cc1cc(C)c(-c2csc(CCC(=O)O)n2)c(C)c1. The maximum absolute atomic E-state index is 10.6. The first-order valence-corrected chi connectivity index (χ1v) is 7.09. The predicted octanol–water partition coefficient (Wildman–Crippen LogP) is 3.75. The van der Waals surface area contributed by atoms with Crippen LogP contribution in [0.5, 0.6) is 0 Å². The first-order chi connectivity index (χ1) is 8.97. The van der Waals surface area contributed by atoms with E-state index in [4.69, 9.17) is 5.11 Å². The zero-order valence-electron chi connectivity index (χ0n) is 11.4. The van der Waals surface area contributed by atoms with E-state index in [0.29, 0.717) is 6.42 Å². The van der Waals surface area contributed by atoms with Gasteiger partial charge < -0.3 is 5.11 Å². The third kappa shape index (κ3) is 3.20. The van der Waals surface area contributed by atoms with E-state index in [-0.39, 0.29) is 6.42 Å². The molecule has 1 N–H and O–H groups in total. The quantitative estimate of drug-likeness (QED) is 0.924. The summed E-state index contributed by atoms with van der Waals surface area (Å²) in [6.45, 7) is 6.26. The number of aryl methyl sites for hydroxylation is 4. The highest BCUT2D eigenvalue weighted by Gasteiger charge is 2.11. The lowest BCUT2D eigenvalue weighted by Crippen LogP contribution is -1.97. The Labute approximate surface area is 116 Å². The van der Waals surface area contributed by atoms with Crippen LogP contribution in [-0.4, -0.2) is 16.1 Å². The Bertz CT molecular complexity index is 593. The summed E-state index contributed by atoms with van der Waals surface area (Å²) >= 11 is 1.53. The number of carboxylic acid groups (broad SMARTS) is 1. The number of nitrogens with zero attached hydrogens (tertiary/aromatic N) is 1. The summed E-state index contributed by atoms with van der Waals surface area (Å²) in [5.74, 6) is -0.778. The minimum absolute atomic E-state index is 0.138. The van der Waals surface area contributed by atoms with Gasteiger partial charge in [0.15, 0.2) is 0 Å². The lowest BCUT2D eigenvalue weighted by molar-refractivity contribution is -0.136. The van der Waals surface area contributed by atoms with E-state index in [9.17, 15) is 4.79 Å². The Kier molecular flexibility index (Phi) is 4.00. The second kappa shape index (κ2) is 5.53. The number of carboxylic acids is 1. The molecule has 1 aromatic heterocycles. The summed E-state index contributed by atoms with van der Waals surface area (Å²) in [5, 5.41) is 11.6. The number of aromatic nitrogens is 1. The van der Waals surface area contributed by atoms with E-state index in [2.05, 4.69) is 37.9 Å². The van der Waals surface area contributed by atoms with Crippen molar-refractivity contribution in [3.8, 4) is 11.3 Å². The Morgan fingerprint density at radius 3 is 2.47 bits per heavy atom. The second-order valence-corrected chi connectivity index (χ2v) is 5.74. The van der Waals surface area contributed by atoms with Crippen LogP contribution in [0.4, 0.5) is 0 Å². The molecular formula is C15H17NO2S. The molecule has 0 aliphatic heterocycles. The zero-order chi connectivity index (χ0) is 14.0. The molecule has 100 valence electrons. The third-order valence-electron chi connectivity index (χ3n) is 3.04. The number of benzene rings is 1. The van der Waals surface area contributed by atoms with Gasteiger partial charge in [-0.1, -0.05) is 17.7 Å². The molecule has 19 heavy (non-hydrogen) atoms. The van der Waals surface area contributed by atoms with Crippen molar-refractivity contribution < 1.29 is 9.90 Å². The number of hydrogen-bond donors (Lipinski definition) is 1. The van der Waals surface area contributed by atoms with Crippen LogP contribution < -0.4 is 0 Å². The zero-order valence-corrected chi connectivity index (χ0v) is 12.2. The number of hydrogen-bond acceptors (Lipinski definition) is 3. The van der Waals surface area contributed by atoms with Crippen molar-refractivity contribution in [3.63, 3.8) is 0 Å². The molecule has 0 saturated carbocycles. The fraction of sp³-hybridized carbons (Fsp3) is 0.333. The molecule has 1 heterocycles. The molecule has 1 aromatic carbocycles. The molecule has 0 spiro atoms. The minimum Gasteiger partial charge on any atom is -0.481 e. The molecule has 0 bridgehead atoms. The van der Waals surface area contributed by atoms with Gasteiger partial charge in [0.2, 0.25) is 0 Å². The van der Waals surface area contributed by atoms with Gasteiger partial charge in [0.05, 0.1) is 17.1 Å². The molecule has 0 atom stereocenters. The van der Waals surface area contributed by atoms with Gasteiger partial charge in [-0.15, -0.1) is 11.3 Å². The molecule has 0 amide bonds. The van der Waals surface area contributed by atoms with Crippen molar-refractivity contribution in [3.05, 3.63) is 39.2 Å². The molecule has 0 radical (unpaired) electrons. The average Bonchev–Trinajstić information content (AvgIpc) is 2.73. The summed E-state index contributed by atoms with van der Waals surface area (Å²) < 4.78 is 0. The van der Waals surface area contributed by atoms with Crippen LogP contribution in [0, 0.1) is 20.8 Å². The number of rotatable bonds is 4. The summed E-state index contributed by atoms with van der Waals surface area (Å²) in [6, 6.07) is 4.30. The maximum atomic E-state index is 10.6. The topological polar surface area (TPSA) is 50.2 Å². The van der Waals surface area contributed by atoms with Crippen molar-refractivity contribution in [2.45, 2.75) is 33.6 Å². The largest absolute Gasteiger partial charge is 0.481 e. The molecule has 0 saturated heterocycles. The first-order valence-electron chi connectivity index (χ1n) is 6.22. The average molecular weight is 275 g/mol. The summed E-state index contributed by atoms with van der Waals surface area (Å²) in [6.07, 6.45) is 0.642. The number of thiazole rings is 1. The van der Waals surface area contributed by atoms with Crippen LogP contribution in [0.15, 0.2) is 17.5 Å². The van der Waals surface area contributed by atoms with Crippen molar-refractivity contribution in [1.82, 2.24) is 4.98 Å². The van der Waals surface area contributed by atoms with Gasteiger partial charge in [0.1, 0.15) is 0 Å². The lowest BCUT2D eigenvalue weighted by atomic mass is 9.98. The van der Waals surface area contributed by atoms with Crippen LogP contribution >= 0.6 is 11.3 Å². The third-order valence-corrected chi connectivity index (χ3v) is 3.95. The van der Waals surface area contributed by atoms with Crippen LogP contribution in [0.25, 0.3) is 11.3 Å². The van der Waals surface area contributed by atoms with Crippen LogP contribution in [0.2, 0.25) is 0 Å². The highest BCUT2D eigenvalue weighted by atomic mass is 32.1. The van der Waals surface area contributed by atoms with Gasteiger partial charge in [-0.05, 0) is 31.9 Å². The maximum Gasteiger partial charge on any atom is 0.303 e. The van der Waals surface area contributed by atoms with E-state index in [1.165, 1.54) is 33.6 Å². The van der Waals surface area contributed by atoms with Crippen LogP contribution in [-0.2, 0) is 11.2 Å². The van der Waals surface area contributed by atoms with E-state index >= 15 is 0 Å². The molecule has 0 aliphatic carbocycles. The molecule has 4 heteroatoms. The standard InChI is InChI=1S/C15H17NO2S/c1-9-6-10(2)15(11(3)7-9)12-8-19-13(16-12)4-5-14(17)18/h6-8H,4-5H2,1-3H3,(H,17,18). The normalized spacial score (nSPS) is 10.7. The summed E-state index contributed by atoms with van der Waals surface area (Å²) in [7, 11) is 0. The minimum atomic E-state index is -0.778. The van der Waals surface area contributed by atoms with Gasteiger partial charge in [-0.2, -0.15) is 0 Å². The monoisotopic (exact) mass is 275 g/mol. The van der Waals surface area contributed by atoms with E-state index in [1.807, 2.05) is 5.38 Å². The van der Waals surface area contributed by atoms with Crippen molar-refractivity contribution in [2.24, 2.45) is 0 Å². The number of aliphatic carboxylic acids is 1. The first kappa shape index (κ1) is 13.7. The molecule has 2 rings (SSSR count). The Morgan fingerprint density at radius 2 is 1.89 bits per heavy atom. The van der Waals surface area contributed by atoms with Crippen molar-refractivity contribution >= 4 is 17.3 Å². The van der Waals surface area contributed by atoms with Gasteiger partial charge in [-0.3, -0.25) is 4.79 Å². The van der Waals surface area contributed by atoms with Gasteiger partial charge in [0, 0.05) is 17.4 Å². The van der Waals surface area contributed by atoms with Gasteiger partial charge in [0.25, 0.3) is 0 Å². The fourth-order valence-corrected chi connectivity index (χ4v) is 3.13. The fourth-order valence-electron chi connectivity index (χ4n) is 2.34. The molecular weight excluding hydrogens is 258 g/mol. The molecule has 2 aromatic rings. The van der Waals surface area contributed by atoms with Crippen LogP contribution in [0.3, 0.4) is 0 Å². The van der Waals surface area contributed by atoms with Crippen molar-refractivity contribution in [2.75, 3.05) is 0 Å². The van der Waals surface area contributed by atoms with E-state index < -0.39 is 5.97 Å². The van der Waals surface area contributed by atoms with E-state index in [0.717, 1.165) is 10.7 Å². The van der Waals surface area contributed by atoms with Gasteiger partial charge >= 0.3 is 5.97 Å². The highest BCUT2D eigenvalue weighted by Crippen LogP contribution is 2.29. The predicted molar refractivity (Wildman–Crippen MR) is 77.7 cm³/mol. The van der Waals surface area contributed by atoms with Gasteiger partial charge in [-0.25, -0.2) is 4.98 Å². The Morgan fingerprint density at radius 1 is 1.26 bits per heavy atom. The Balaban J connectivity index is 2.30. The lowest BCUT2D eigenvalue weighted by Gasteiger charge is -2.08. The van der Waals surface area contributed by atoms with E-state index in [1.54, 1.807) is 0 Å². The molecule has 3 nitrogen and oxygen atoms in total. The molecule has 0 fully saturated rings. The molecule has 0 unspecified atom stereocenters. The summed E-state index contributed by atoms with van der Waals surface area (Å²) in [5.41, 5.74) is 5.81.